The number of hydrogen-bond donors (Lipinski definition) is 2. The first-order valence-electron chi connectivity index (χ1n) is 4.80. The van der Waals surface area contributed by atoms with Crippen LogP contribution in [0.2, 0.25) is 0 Å². The summed E-state index contributed by atoms with van der Waals surface area (Å²) in [6, 6.07) is 5.81. The first kappa shape index (κ1) is 8.28. The van der Waals surface area contributed by atoms with E-state index in [0.29, 0.717) is 0 Å². The van der Waals surface area contributed by atoms with E-state index < -0.39 is 0 Å². The minimum absolute atomic E-state index is 0.756. The second kappa shape index (κ2) is 3.27. The van der Waals surface area contributed by atoms with Crippen molar-refractivity contribution in [2.75, 3.05) is 13.1 Å². The summed E-state index contributed by atoms with van der Waals surface area (Å²) in [5.74, 6) is 0. The lowest BCUT2D eigenvalue weighted by atomic mass is 10.2. The topological polar surface area (TPSA) is 69.4 Å². The summed E-state index contributed by atoms with van der Waals surface area (Å²) < 4.78 is 4.95. The van der Waals surface area contributed by atoms with Gasteiger partial charge in [0.2, 0.25) is 0 Å². The molecule has 0 saturated heterocycles. The van der Waals surface area contributed by atoms with Crippen molar-refractivity contribution < 1.29 is 4.52 Å². The maximum Gasteiger partial charge on any atom is 0.121 e. The Kier molecular flexibility index (Phi) is 1.81. The molecule has 0 aliphatic carbocycles. The minimum Gasteiger partial charge on any atom is -0.375 e. The monoisotopic (exact) mass is 202 g/mol. The molecule has 5 heteroatoms. The minimum atomic E-state index is 0.756. The number of H-pyrrole nitrogens is 2. The molecule has 5 nitrogen and oxygen atoms in total. The molecule has 1 aliphatic rings. The smallest absolute Gasteiger partial charge is 0.121 e. The zero-order valence-corrected chi connectivity index (χ0v) is 8.03. The van der Waals surface area contributed by atoms with Gasteiger partial charge in [0.15, 0.2) is 0 Å². The van der Waals surface area contributed by atoms with Crippen molar-refractivity contribution in [1.29, 1.82) is 0 Å². The van der Waals surface area contributed by atoms with Crippen LogP contribution < -0.4 is 10.7 Å². The molecule has 2 aromatic rings. The number of nitrogens with zero attached hydrogens (tertiary/aromatic N) is 2. The third-order valence-electron chi connectivity index (χ3n) is 2.40. The highest BCUT2D eigenvalue weighted by Crippen LogP contribution is 2.00. The number of aromatic nitrogens is 2. The Labute approximate surface area is 84.8 Å². The standard InChI is InChI=1S/C10H10N4O/c1-2-9-10(12-5-4-11-9)7-3-6-15-14-13-8(1)7/h1-3,6,13-14H,4-5H2. The van der Waals surface area contributed by atoms with Gasteiger partial charge in [-0.2, -0.15) is 5.27 Å². The van der Waals surface area contributed by atoms with Gasteiger partial charge in [0, 0.05) is 5.39 Å². The van der Waals surface area contributed by atoms with Crippen LogP contribution in [0.4, 0.5) is 0 Å². The molecule has 76 valence electrons. The fourth-order valence-corrected chi connectivity index (χ4v) is 1.72. The van der Waals surface area contributed by atoms with Crippen molar-refractivity contribution in [3.8, 4) is 0 Å². The number of fused-ring (bicyclic) bond motifs is 3. The van der Waals surface area contributed by atoms with E-state index in [9.17, 15) is 0 Å². The summed E-state index contributed by atoms with van der Waals surface area (Å²) in [4.78, 5) is 8.89. The van der Waals surface area contributed by atoms with Crippen LogP contribution in [0.15, 0.2) is 39.0 Å². The molecule has 0 amide bonds. The lowest BCUT2D eigenvalue weighted by molar-refractivity contribution is 0.372. The number of rotatable bonds is 0. The first-order valence-corrected chi connectivity index (χ1v) is 4.80. The van der Waals surface area contributed by atoms with Gasteiger partial charge < -0.3 is 4.52 Å². The van der Waals surface area contributed by atoms with E-state index in [0.717, 1.165) is 34.7 Å². The molecule has 0 radical (unpaired) electrons. The molecule has 2 N–H and O–H groups in total. The van der Waals surface area contributed by atoms with E-state index >= 15 is 0 Å². The van der Waals surface area contributed by atoms with Crippen LogP contribution in [0.3, 0.4) is 0 Å². The lowest BCUT2D eigenvalue weighted by Crippen LogP contribution is -2.30. The number of nitrogens with one attached hydrogen (secondary N) is 2. The molecule has 1 aromatic carbocycles. The average Bonchev–Trinajstić information content (AvgIpc) is 2.54. The fourth-order valence-electron chi connectivity index (χ4n) is 1.72. The maximum absolute atomic E-state index is 4.95. The van der Waals surface area contributed by atoms with Crippen LogP contribution in [-0.4, -0.2) is 23.5 Å². The van der Waals surface area contributed by atoms with Gasteiger partial charge in [0.25, 0.3) is 0 Å². The van der Waals surface area contributed by atoms with Crippen LogP contribution in [0, 0.1) is 0 Å². The van der Waals surface area contributed by atoms with Crippen molar-refractivity contribution in [3.63, 3.8) is 0 Å². The molecule has 0 bridgehead atoms. The zero-order chi connectivity index (χ0) is 10.1. The van der Waals surface area contributed by atoms with Gasteiger partial charge >= 0.3 is 0 Å². The molecule has 15 heavy (non-hydrogen) atoms. The molecular weight excluding hydrogens is 192 g/mol. The third-order valence-corrected chi connectivity index (χ3v) is 2.40. The highest BCUT2D eigenvalue weighted by atomic mass is 16.5. The van der Waals surface area contributed by atoms with Crippen molar-refractivity contribution in [1.82, 2.24) is 10.4 Å². The quantitative estimate of drug-likeness (QED) is 0.640. The molecule has 3 rings (SSSR count). The van der Waals surface area contributed by atoms with Gasteiger partial charge in [0.1, 0.15) is 6.26 Å². The van der Waals surface area contributed by atoms with E-state index in [1.54, 1.807) is 6.26 Å². The normalized spacial score (nSPS) is 13.9. The highest BCUT2D eigenvalue weighted by Gasteiger charge is 2.00. The van der Waals surface area contributed by atoms with Gasteiger partial charge in [-0.3, -0.25) is 15.1 Å². The van der Waals surface area contributed by atoms with Gasteiger partial charge in [-0.05, 0) is 18.2 Å². The van der Waals surface area contributed by atoms with Crippen LogP contribution in [-0.2, 0) is 0 Å². The summed E-state index contributed by atoms with van der Waals surface area (Å²) in [6.07, 6.45) is 1.59. The van der Waals surface area contributed by atoms with E-state index in [1.807, 2.05) is 18.2 Å². The Morgan fingerprint density at radius 3 is 3.07 bits per heavy atom. The van der Waals surface area contributed by atoms with Gasteiger partial charge in [-0.25, -0.2) is 0 Å². The summed E-state index contributed by atoms with van der Waals surface area (Å²) in [7, 11) is 0. The van der Waals surface area contributed by atoms with Crippen LogP contribution in [0.1, 0.15) is 0 Å². The van der Waals surface area contributed by atoms with Gasteiger partial charge in [-0.1, -0.05) is 0 Å². The maximum atomic E-state index is 4.95. The van der Waals surface area contributed by atoms with Crippen molar-refractivity contribution >= 4 is 10.9 Å². The first-order chi connectivity index (χ1) is 7.45. The van der Waals surface area contributed by atoms with Gasteiger partial charge in [0.05, 0.1) is 29.3 Å². The SMILES string of the molecule is c1cc2c3c(ccc2[nH][nH]o1)=NCCN=3. The second-order valence-corrected chi connectivity index (χ2v) is 3.31. The Morgan fingerprint density at radius 1 is 1.13 bits per heavy atom. The molecule has 0 saturated carbocycles. The molecule has 2 heterocycles. The highest BCUT2D eigenvalue weighted by molar-refractivity contribution is 5.76. The van der Waals surface area contributed by atoms with E-state index in [-0.39, 0.29) is 0 Å². The molecule has 1 aromatic heterocycles. The number of hydrogen-bond acceptors (Lipinski definition) is 3. The van der Waals surface area contributed by atoms with Gasteiger partial charge in [-0.15, -0.1) is 0 Å². The van der Waals surface area contributed by atoms with E-state index in [2.05, 4.69) is 20.4 Å². The molecule has 0 unspecified atom stereocenters. The van der Waals surface area contributed by atoms with Crippen molar-refractivity contribution in [2.24, 2.45) is 9.98 Å². The fraction of sp³-hybridized carbons (Fsp3) is 0.200. The molecule has 0 spiro atoms. The predicted molar refractivity (Wildman–Crippen MR) is 54.6 cm³/mol. The van der Waals surface area contributed by atoms with E-state index in [4.69, 9.17) is 4.52 Å². The zero-order valence-electron chi connectivity index (χ0n) is 8.03. The Morgan fingerprint density at radius 2 is 2.07 bits per heavy atom. The Hall–Kier alpha value is -2.04. The largest absolute Gasteiger partial charge is 0.375 e. The average molecular weight is 202 g/mol. The lowest BCUT2D eigenvalue weighted by Gasteiger charge is -2.00. The summed E-state index contributed by atoms with van der Waals surface area (Å²) in [5, 5.41) is 8.45. The van der Waals surface area contributed by atoms with Crippen LogP contribution in [0.25, 0.3) is 10.9 Å². The number of aromatic amines is 2. The molecular formula is C10H10N4O. The number of benzene rings is 1. The van der Waals surface area contributed by atoms with Crippen molar-refractivity contribution in [2.45, 2.75) is 0 Å². The Balaban J connectivity index is 2.60. The van der Waals surface area contributed by atoms with E-state index in [1.165, 1.54) is 0 Å². The third kappa shape index (κ3) is 1.32. The second-order valence-electron chi connectivity index (χ2n) is 3.31. The predicted octanol–water partition coefficient (Wildman–Crippen LogP) is 0.466. The summed E-state index contributed by atoms with van der Waals surface area (Å²) in [6.45, 7) is 1.53. The van der Waals surface area contributed by atoms with Crippen LogP contribution in [0.5, 0.6) is 0 Å². The summed E-state index contributed by atoms with van der Waals surface area (Å²) >= 11 is 0. The molecule has 0 fully saturated rings. The van der Waals surface area contributed by atoms with Crippen LogP contribution >= 0.6 is 0 Å². The van der Waals surface area contributed by atoms with Crippen molar-refractivity contribution in [3.05, 3.63) is 35.2 Å². The summed E-state index contributed by atoms with van der Waals surface area (Å²) in [5.41, 5.74) is 0.948. The molecule has 1 aliphatic heterocycles. The Bertz CT molecular complexity index is 644. The molecule has 0 atom stereocenters.